The van der Waals surface area contributed by atoms with E-state index in [0.717, 1.165) is 0 Å². The van der Waals surface area contributed by atoms with Gasteiger partial charge in [-0.15, -0.1) is 11.8 Å². The molecule has 3 N–H and O–H groups in total. The van der Waals surface area contributed by atoms with Crippen LogP contribution in [0.25, 0.3) is 0 Å². The molecule has 13 heavy (non-hydrogen) atoms. The lowest BCUT2D eigenvalue weighted by Crippen LogP contribution is -2.39. The van der Waals surface area contributed by atoms with Crippen molar-refractivity contribution in [2.45, 2.75) is 29.4 Å². The average molecular weight is 273 g/mol. The summed E-state index contributed by atoms with van der Waals surface area (Å²) < 4.78 is 0.155. The van der Waals surface area contributed by atoms with E-state index >= 15 is 0 Å². The predicted octanol–water partition coefficient (Wildman–Crippen LogP) is -0.258. The largest absolute Gasteiger partial charge is 0.389 e. The van der Waals surface area contributed by atoms with E-state index in [1.807, 2.05) is 6.92 Å². The van der Waals surface area contributed by atoms with Crippen molar-refractivity contribution in [2.24, 2.45) is 0 Å². The van der Waals surface area contributed by atoms with Crippen molar-refractivity contribution >= 4 is 34.0 Å². The second-order valence-electron chi connectivity index (χ2n) is 2.56. The lowest BCUT2D eigenvalue weighted by Gasteiger charge is -2.19. The van der Waals surface area contributed by atoms with Gasteiger partial charge in [0.2, 0.25) is 0 Å². The molecule has 0 saturated carbocycles. The summed E-state index contributed by atoms with van der Waals surface area (Å²) in [6, 6.07) is 0. The molecule has 0 aromatic rings. The molecule has 0 rings (SSSR count). The summed E-state index contributed by atoms with van der Waals surface area (Å²) in [6.45, 7) is 1.87. The van der Waals surface area contributed by atoms with Crippen LogP contribution in [0.15, 0.2) is 0 Å². The van der Waals surface area contributed by atoms with Crippen LogP contribution in [-0.4, -0.2) is 49.8 Å². The second kappa shape index (κ2) is 6.78. The Morgan fingerprint density at radius 2 is 2.00 bits per heavy atom. The molecule has 0 heterocycles. The van der Waals surface area contributed by atoms with E-state index in [0.29, 0.717) is 0 Å². The molecule has 4 atom stereocenters. The molecule has 0 radical (unpaired) electrons. The maximum atomic E-state index is 10.1. The van der Waals surface area contributed by atoms with Crippen LogP contribution >= 0.6 is 27.7 Å². The third-order valence-corrected chi connectivity index (χ3v) is 3.17. The van der Waals surface area contributed by atoms with Crippen LogP contribution < -0.4 is 0 Å². The first-order valence-electron chi connectivity index (χ1n) is 3.74. The molecule has 78 valence electrons. The SMILES string of the molecule is CC(Br)SC[C@@H](O)[C@@H](O)[C@@H](O)C=O. The Morgan fingerprint density at radius 1 is 1.46 bits per heavy atom. The molecule has 4 nitrogen and oxygen atoms in total. The van der Waals surface area contributed by atoms with Crippen LogP contribution in [0.1, 0.15) is 6.92 Å². The van der Waals surface area contributed by atoms with E-state index in [9.17, 15) is 9.90 Å². The molecule has 0 aromatic heterocycles. The molecule has 0 aliphatic rings. The molecule has 0 aliphatic heterocycles. The summed E-state index contributed by atoms with van der Waals surface area (Å²) in [7, 11) is 0. The Hall–Kier alpha value is 0.380. The molecule has 0 bridgehead atoms. The summed E-state index contributed by atoms with van der Waals surface area (Å²) in [5, 5.41) is 27.3. The maximum Gasteiger partial charge on any atom is 0.151 e. The van der Waals surface area contributed by atoms with Crippen molar-refractivity contribution in [1.29, 1.82) is 0 Å². The highest BCUT2D eigenvalue weighted by atomic mass is 79.9. The van der Waals surface area contributed by atoms with Gasteiger partial charge in [-0.25, -0.2) is 0 Å². The van der Waals surface area contributed by atoms with E-state index in [1.54, 1.807) is 0 Å². The number of aldehydes is 1. The molecule has 0 aromatic carbocycles. The number of rotatable bonds is 6. The second-order valence-corrected chi connectivity index (χ2v) is 5.91. The number of hydrogen-bond donors (Lipinski definition) is 3. The van der Waals surface area contributed by atoms with Gasteiger partial charge >= 0.3 is 0 Å². The molecule has 1 unspecified atom stereocenters. The summed E-state index contributed by atoms with van der Waals surface area (Å²) in [4.78, 5) is 10.1. The normalized spacial score (nSPS) is 20.4. The van der Waals surface area contributed by atoms with Crippen LogP contribution in [0.2, 0.25) is 0 Å². The Balaban J connectivity index is 3.81. The zero-order valence-electron chi connectivity index (χ0n) is 7.13. The topological polar surface area (TPSA) is 77.8 Å². The smallest absolute Gasteiger partial charge is 0.151 e. The van der Waals surface area contributed by atoms with Crippen LogP contribution in [-0.2, 0) is 4.79 Å². The number of alkyl halides is 1. The van der Waals surface area contributed by atoms with E-state index in [2.05, 4.69) is 15.9 Å². The van der Waals surface area contributed by atoms with Gasteiger partial charge in [-0.2, -0.15) is 0 Å². The first-order valence-corrected chi connectivity index (χ1v) is 5.70. The molecule has 0 fully saturated rings. The average Bonchev–Trinajstić information content (AvgIpc) is 2.11. The van der Waals surface area contributed by atoms with Crippen LogP contribution in [0.4, 0.5) is 0 Å². The zero-order chi connectivity index (χ0) is 10.4. The highest BCUT2D eigenvalue weighted by Gasteiger charge is 2.24. The Bertz CT molecular complexity index is 155. The summed E-state index contributed by atoms with van der Waals surface area (Å²) in [5.41, 5.74) is 0. The van der Waals surface area contributed by atoms with Gasteiger partial charge < -0.3 is 20.1 Å². The van der Waals surface area contributed by atoms with E-state index in [4.69, 9.17) is 10.2 Å². The number of hydrogen-bond acceptors (Lipinski definition) is 5. The monoisotopic (exact) mass is 272 g/mol. The Labute approximate surface area is 89.5 Å². The minimum atomic E-state index is -1.51. The number of carbonyl (C=O) groups is 1. The summed E-state index contributed by atoms with van der Waals surface area (Å²) >= 11 is 4.62. The van der Waals surface area contributed by atoms with E-state index in [-0.39, 0.29) is 16.2 Å². The minimum Gasteiger partial charge on any atom is -0.389 e. The lowest BCUT2D eigenvalue weighted by atomic mass is 10.1. The molecule has 0 saturated heterocycles. The Kier molecular flexibility index (Phi) is 6.98. The summed E-state index contributed by atoms with van der Waals surface area (Å²) in [5.74, 6) is 0.262. The van der Waals surface area contributed by atoms with Gasteiger partial charge in [0.05, 0.1) is 10.3 Å². The molecule has 6 heteroatoms. The fourth-order valence-electron chi connectivity index (χ4n) is 0.638. The minimum absolute atomic E-state index is 0.155. The van der Waals surface area contributed by atoms with Crippen LogP contribution in [0.5, 0.6) is 0 Å². The number of aliphatic hydroxyl groups is 3. The quantitative estimate of drug-likeness (QED) is 0.459. The highest BCUT2D eigenvalue weighted by molar-refractivity contribution is 9.11. The maximum absolute atomic E-state index is 10.1. The standard InChI is InChI=1S/C7H13BrO4S/c1-4(8)13-3-6(11)7(12)5(10)2-9/h2,4-7,10-12H,3H2,1H3/t4?,5-,6+,7-/m0/s1. The van der Waals surface area contributed by atoms with Crippen molar-refractivity contribution in [3.8, 4) is 0 Å². The van der Waals surface area contributed by atoms with Crippen LogP contribution in [0.3, 0.4) is 0 Å². The Morgan fingerprint density at radius 3 is 2.38 bits per heavy atom. The van der Waals surface area contributed by atoms with Crippen LogP contribution in [0, 0.1) is 0 Å². The van der Waals surface area contributed by atoms with Gasteiger partial charge in [0.15, 0.2) is 6.29 Å². The number of carbonyl (C=O) groups excluding carboxylic acids is 1. The fraction of sp³-hybridized carbons (Fsp3) is 0.857. The van der Waals surface area contributed by atoms with Gasteiger partial charge in [0.1, 0.15) is 12.2 Å². The predicted molar refractivity (Wildman–Crippen MR) is 54.9 cm³/mol. The summed E-state index contributed by atoms with van der Waals surface area (Å²) in [6.07, 6.45) is -3.81. The molecular weight excluding hydrogens is 260 g/mol. The van der Waals surface area contributed by atoms with Gasteiger partial charge in [0.25, 0.3) is 0 Å². The van der Waals surface area contributed by atoms with E-state index in [1.165, 1.54) is 11.8 Å². The van der Waals surface area contributed by atoms with Gasteiger partial charge in [0, 0.05) is 5.75 Å². The third kappa shape index (κ3) is 5.64. The highest BCUT2D eigenvalue weighted by Crippen LogP contribution is 2.18. The number of aliphatic hydroxyl groups excluding tert-OH is 3. The molecular formula is C7H13BrO4S. The van der Waals surface area contributed by atoms with Crippen molar-refractivity contribution in [2.75, 3.05) is 5.75 Å². The van der Waals surface area contributed by atoms with Gasteiger partial charge in [-0.1, -0.05) is 15.9 Å². The van der Waals surface area contributed by atoms with Gasteiger partial charge in [-0.05, 0) is 6.92 Å². The number of thioether (sulfide) groups is 1. The molecule has 0 aliphatic carbocycles. The van der Waals surface area contributed by atoms with Crippen molar-refractivity contribution in [3.63, 3.8) is 0 Å². The first kappa shape index (κ1) is 13.4. The molecule has 0 spiro atoms. The fourth-order valence-corrected chi connectivity index (χ4v) is 1.76. The molecule has 0 amide bonds. The van der Waals surface area contributed by atoms with Crippen molar-refractivity contribution in [1.82, 2.24) is 0 Å². The van der Waals surface area contributed by atoms with E-state index < -0.39 is 18.3 Å². The lowest BCUT2D eigenvalue weighted by molar-refractivity contribution is -0.124. The first-order chi connectivity index (χ1) is 5.99. The van der Waals surface area contributed by atoms with Crippen molar-refractivity contribution in [3.05, 3.63) is 0 Å². The number of halogens is 1. The zero-order valence-corrected chi connectivity index (χ0v) is 9.53. The van der Waals surface area contributed by atoms with Crippen molar-refractivity contribution < 1.29 is 20.1 Å². The third-order valence-electron chi connectivity index (χ3n) is 1.38. The van der Waals surface area contributed by atoms with Gasteiger partial charge in [-0.3, -0.25) is 0 Å².